The highest BCUT2D eigenvalue weighted by Gasteiger charge is 2.30. The Morgan fingerprint density at radius 1 is 0.792 bits per heavy atom. The maximum Gasteiger partial charge on any atom is 0.123 e. The summed E-state index contributed by atoms with van der Waals surface area (Å²) in [6.07, 6.45) is 0.498. The summed E-state index contributed by atoms with van der Waals surface area (Å²) in [6, 6.07) is 4.32. The predicted octanol–water partition coefficient (Wildman–Crippen LogP) is 3.84. The van der Waals surface area contributed by atoms with E-state index in [-0.39, 0.29) is 23.0 Å². The Balaban J connectivity index is 1.95. The quantitative estimate of drug-likeness (QED) is 0.742. The first kappa shape index (κ1) is 17.6. The summed E-state index contributed by atoms with van der Waals surface area (Å²) in [5.74, 6) is 1.89. The predicted molar refractivity (Wildman–Crippen MR) is 94.3 cm³/mol. The van der Waals surface area contributed by atoms with Gasteiger partial charge in [0.25, 0.3) is 0 Å². The van der Waals surface area contributed by atoms with Crippen LogP contribution >= 0.6 is 0 Å². The lowest BCUT2D eigenvalue weighted by molar-refractivity contribution is 0.249. The van der Waals surface area contributed by atoms with E-state index >= 15 is 0 Å². The Labute approximate surface area is 145 Å². The standard InChI is InChI=1S/C20H30O4/c1-19(2,3)15-7-18(24-12-14-10-22-14)16(20(4,5)6)8-17(15)23-11-13-9-21-13/h7-8,13-14H,9-12H2,1-6H3/t13-,14-/m1/s1. The molecule has 0 unspecified atom stereocenters. The molecule has 0 bridgehead atoms. The fourth-order valence-corrected chi connectivity index (χ4v) is 2.66. The lowest BCUT2D eigenvalue weighted by Gasteiger charge is -2.29. The SMILES string of the molecule is CC(C)(C)c1cc(OC[C@H]2CO2)c(C(C)(C)C)cc1OC[C@H]1CO1. The molecule has 4 nitrogen and oxygen atoms in total. The van der Waals surface area contributed by atoms with Crippen molar-refractivity contribution in [2.24, 2.45) is 0 Å². The smallest absolute Gasteiger partial charge is 0.123 e. The molecule has 134 valence electrons. The monoisotopic (exact) mass is 334 g/mol. The van der Waals surface area contributed by atoms with E-state index in [2.05, 4.69) is 53.7 Å². The molecule has 2 heterocycles. The fraction of sp³-hybridized carbons (Fsp3) is 0.700. The van der Waals surface area contributed by atoms with Gasteiger partial charge in [0.05, 0.1) is 13.2 Å². The lowest BCUT2D eigenvalue weighted by Crippen LogP contribution is -2.20. The number of benzene rings is 1. The van der Waals surface area contributed by atoms with Crippen molar-refractivity contribution in [1.29, 1.82) is 0 Å². The van der Waals surface area contributed by atoms with Crippen molar-refractivity contribution < 1.29 is 18.9 Å². The average Bonchev–Trinajstić information content (AvgIpc) is 3.34. The molecule has 1 aromatic rings. The molecule has 1 aromatic carbocycles. The second kappa shape index (κ2) is 6.23. The van der Waals surface area contributed by atoms with Crippen LogP contribution in [0.15, 0.2) is 12.1 Å². The van der Waals surface area contributed by atoms with Crippen LogP contribution < -0.4 is 9.47 Å². The highest BCUT2D eigenvalue weighted by atomic mass is 16.6. The van der Waals surface area contributed by atoms with Gasteiger partial charge in [-0.15, -0.1) is 0 Å². The highest BCUT2D eigenvalue weighted by Crippen LogP contribution is 2.41. The molecular weight excluding hydrogens is 304 g/mol. The first-order valence-corrected chi connectivity index (χ1v) is 8.82. The average molecular weight is 334 g/mol. The van der Waals surface area contributed by atoms with Crippen molar-refractivity contribution in [3.8, 4) is 11.5 Å². The molecule has 24 heavy (non-hydrogen) atoms. The van der Waals surface area contributed by atoms with E-state index in [0.717, 1.165) is 24.7 Å². The number of ether oxygens (including phenoxy) is 4. The van der Waals surface area contributed by atoms with Gasteiger partial charge in [0.15, 0.2) is 0 Å². The molecule has 0 aliphatic carbocycles. The van der Waals surface area contributed by atoms with Crippen LogP contribution in [0.1, 0.15) is 52.7 Å². The van der Waals surface area contributed by atoms with Crippen molar-refractivity contribution in [2.45, 2.75) is 64.6 Å². The van der Waals surface area contributed by atoms with Gasteiger partial charge in [0.2, 0.25) is 0 Å². The second-order valence-corrected chi connectivity index (χ2v) is 8.88. The molecule has 0 radical (unpaired) electrons. The third-order valence-electron chi connectivity index (χ3n) is 4.35. The zero-order chi connectivity index (χ0) is 17.5. The van der Waals surface area contributed by atoms with E-state index in [1.54, 1.807) is 0 Å². The molecule has 2 atom stereocenters. The lowest BCUT2D eigenvalue weighted by atomic mass is 9.81. The minimum Gasteiger partial charge on any atom is -0.490 e. The molecular formula is C20H30O4. The molecule has 2 saturated heterocycles. The summed E-state index contributed by atoms with van der Waals surface area (Å²) in [5, 5.41) is 0. The van der Waals surface area contributed by atoms with Gasteiger partial charge in [0, 0.05) is 11.1 Å². The van der Waals surface area contributed by atoms with E-state index in [4.69, 9.17) is 18.9 Å². The molecule has 0 saturated carbocycles. The van der Waals surface area contributed by atoms with Crippen molar-refractivity contribution in [2.75, 3.05) is 26.4 Å². The Morgan fingerprint density at radius 3 is 1.38 bits per heavy atom. The third-order valence-corrected chi connectivity index (χ3v) is 4.35. The molecule has 3 rings (SSSR count). The van der Waals surface area contributed by atoms with Crippen LogP contribution in [0.2, 0.25) is 0 Å². The highest BCUT2D eigenvalue weighted by molar-refractivity contribution is 5.51. The Hall–Kier alpha value is -1.26. The zero-order valence-electron chi connectivity index (χ0n) is 15.8. The van der Waals surface area contributed by atoms with Crippen LogP contribution in [-0.2, 0) is 20.3 Å². The van der Waals surface area contributed by atoms with Gasteiger partial charge in [-0.1, -0.05) is 41.5 Å². The van der Waals surface area contributed by atoms with Gasteiger partial charge in [-0.2, -0.15) is 0 Å². The van der Waals surface area contributed by atoms with E-state index in [0.29, 0.717) is 13.2 Å². The summed E-state index contributed by atoms with van der Waals surface area (Å²) in [5.41, 5.74) is 2.29. The molecule has 2 fully saturated rings. The van der Waals surface area contributed by atoms with Crippen LogP contribution in [0.4, 0.5) is 0 Å². The topological polar surface area (TPSA) is 43.5 Å². The first-order valence-electron chi connectivity index (χ1n) is 8.82. The summed E-state index contributed by atoms with van der Waals surface area (Å²) >= 11 is 0. The number of hydrogen-bond acceptors (Lipinski definition) is 4. The van der Waals surface area contributed by atoms with Gasteiger partial charge >= 0.3 is 0 Å². The maximum absolute atomic E-state index is 6.11. The molecule has 4 heteroatoms. The van der Waals surface area contributed by atoms with Crippen LogP contribution in [-0.4, -0.2) is 38.6 Å². The Kier molecular flexibility index (Phi) is 4.56. The summed E-state index contributed by atoms with van der Waals surface area (Å²) in [7, 11) is 0. The van der Waals surface area contributed by atoms with Gasteiger partial charge in [-0.25, -0.2) is 0 Å². The van der Waals surface area contributed by atoms with Gasteiger partial charge < -0.3 is 18.9 Å². The summed E-state index contributed by atoms with van der Waals surface area (Å²) in [6.45, 7) is 16.0. The third kappa shape index (κ3) is 4.42. The van der Waals surface area contributed by atoms with Gasteiger partial charge in [-0.05, 0) is 23.0 Å². The molecule has 2 aliphatic heterocycles. The van der Waals surface area contributed by atoms with Gasteiger partial charge in [0.1, 0.15) is 36.9 Å². The van der Waals surface area contributed by atoms with E-state index in [9.17, 15) is 0 Å². The molecule has 0 amide bonds. The van der Waals surface area contributed by atoms with Crippen molar-refractivity contribution in [3.05, 3.63) is 23.3 Å². The number of hydrogen-bond donors (Lipinski definition) is 0. The van der Waals surface area contributed by atoms with Crippen LogP contribution in [0.3, 0.4) is 0 Å². The first-order chi connectivity index (χ1) is 11.1. The van der Waals surface area contributed by atoms with Crippen molar-refractivity contribution in [1.82, 2.24) is 0 Å². The Morgan fingerprint density at radius 2 is 1.12 bits per heavy atom. The molecule has 0 N–H and O–H groups in total. The largest absolute Gasteiger partial charge is 0.490 e. The summed E-state index contributed by atoms with van der Waals surface area (Å²) in [4.78, 5) is 0. The molecule has 0 aromatic heterocycles. The molecule has 0 spiro atoms. The van der Waals surface area contributed by atoms with E-state index < -0.39 is 0 Å². The normalized spacial score (nSPS) is 23.1. The Bertz CT molecular complexity index is 533. The minimum absolute atomic E-state index is 0.0235. The second-order valence-electron chi connectivity index (χ2n) is 8.88. The van der Waals surface area contributed by atoms with E-state index in [1.807, 2.05) is 0 Å². The summed E-state index contributed by atoms with van der Waals surface area (Å²) < 4.78 is 22.8. The van der Waals surface area contributed by atoms with Crippen LogP contribution in [0.25, 0.3) is 0 Å². The zero-order valence-corrected chi connectivity index (χ0v) is 15.8. The van der Waals surface area contributed by atoms with Crippen molar-refractivity contribution in [3.63, 3.8) is 0 Å². The van der Waals surface area contributed by atoms with Crippen LogP contribution in [0.5, 0.6) is 11.5 Å². The molecule has 2 aliphatic rings. The minimum atomic E-state index is -0.0235. The van der Waals surface area contributed by atoms with E-state index in [1.165, 1.54) is 11.1 Å². The van der Waals surface area contributed by atoms with Crippen molar-refractivity contribution >= 4 is 0 Å². The number of epoxide rings is 2. The maximum atomic E-state index is 6.11. The fourth-order valence-electron chi connectivity index (χ4n) is 2.66. The van der Waals surface area contributed by atoms with Gasteiger partial charge in [-0.3, -0.25) is 0 Å². The van der Waals surface area contributed by atoms with Crippen LogP contribution in [0, 0.1) is 0 Å². The number of rotatable bonds is 6.